The van der Waals surface area contributed by atoms with Crippen LogP contribution in [0.3, 0.4) is 0 Å². The van der Waals surface area contributed by atoms with E-state index < -0.39 is 24.4 Å². The Hall–Kier alpha value is -2.97. The first-order chi connectivity index (χ1) is 13.9. The molecule has 0 aliphatic rings. The van der Waals surface area contributed by atoms with E-state index in [1.807, 2.05) is 0 Å². The summed E-state index contributed by atoms with van der Waals surface area (Å²) >= 11 is 0. The summed E-state index contributed by atoms with van der Waals surface area (Å²) < 4.78 is 54.3. The third kappa shape index (κ3) is 5.34. The van der Waals surface area contributed by atoms with Crippen molar-refractivity contribution in [2.45, 2.75) is 51.6 Å². The summed E-state index contributed by atoms with van der Waals surface area (Å²) in [4.78, 5) is 16.6. The van der Waals surface area contributed by atoms with Gasteiger partial charge in [0, 0.05) is 24.8 Å². The summed E-state index contributed by atoms with van der Waals surface area (Å²) in [7, 11) is 0. The van der Waals surface area contributed by atoms with E-state index in [1.165, 1.54) is 41.3 Å². The number of carbonyl (C=O) groups is 1. The summed E-state index contributed by atoms with van der Waals surface area (Å²) in [6.07, 6.45) is 2.97. The van der Waals surface area contributed by atoms with E-state index in [1.54, 1.807) is 13.0 Å². The molecule has 0 aliphatic carbocycles. The largest absolute Gasteiger partial charge is 0.348 e. The van der Waals surface area contributed by atoms with Crippen molar-refractivity contribution in [1.82, 2.24) is 20.1 Å². The van der Waals surface area contributed by atoms with E-state index >= 15 is 0 Å². The molecule has 1 N–H and O–H groups in total. The first-order valence-electron chi connectivity index (χ1n) is 9.38. The topological polar surface area (TPSA) is 59.8 Å². The molecule has 1 amide bonds. The van der Waals surface area contributed by atoms with Gasteiger partial charge >= 0.3 is 0 Å². The lowest BCUT2D eigenvalue weighted by Gasteiger charge is -2.15. The lowest BCUT2D eigenvalue weighted by atomic mass is 10.1. The van der Waals surface area contributed by atoms with Gasteiger partial charge in [-0.3, -0.25) is 14.5 Å². The molecule has 0 spiro atoms. The Bertz CT molecular complexity index is 1040. The number of amides is 1. The molecule has 1 atom stereocenters. The van der Waals surface area contributed by atoms with Crippen LogP contribution in [-0.2, 0) is 23.7 Å². The average molecular weight is 422 g/mol. The highest BCUT2D eigenvalue weighted by Crippen LogP contribution is 2.27. The van der Waals surface area contributed by atoms with Crippen molar-refractivity contribution in [3.05, 3.63) is 59.5 Å². The zero-order chi connectivity index (χ0) is 22.1. The van der Waals surface area contributed by atoms with E-state index in [0.29, 0.717) is 22.2 Å². The van der Waals surface area contributed by atoms with Crippen LogP contribution in [0.25, 0.3) is 10.9 Å². The number of alkyl halides is 4. The van der Waals surface area contributed by atoms with E-state index in [4.69, 9.17) is 0 Å². The van der Waals surface area contributed by atoms with Gasteiger partial charge < -0.3 is 5.32 Å². The number of benzene rings is 1. The second-order valence-electron chi connectivity index (χ2n) is 7.59. The van der Waals surface area contributed by atoms with Crippen LogP contribution in [0.4, 0.5) is 17.6 Å². The average Bonchev–Trinajstić information content (AvgIpc) is 3.01. The minimum absolute atomic E-state index is 0.0334. The molecule has 0 radical (unpaired) electrons. The van der Waals surface area contributed by atoms with Crippen LogP contribution < -0.4 is 5.32 Å². The van der Waals surface area contributed by atoms with Gasteiger partial charge in [-0.15, -0.1) is 0 Å². The number of halogens is 4. The minimum Gasteiger partial charge on any atom is -0.348 e. The zero-order valence-electron chi connectivity index (χ0n) is 16.8. The van der Waals surface area contributed by atoms with Crippen LogP contribution >= 0.6 is 0 Å². The fourth-order valence-corrected chi connectivity index (χ4v) is 3.09. The highest BCUT2D eigenvalue weighted by molar-refractivity contribution is 5.80. The van der Waals surface area contributed by atoms with Gasteiger partial charge in [0.15, 0.2) is 0 Å². The summed E-state index contributed by atoms with van der Waals surface area (Å²) in [6.45, 7) is 2.84. The fourth-order valence-electron chi connectivity index (χ4n) is 3.09. The number of fused-ring (bicyclic) bond motifs is 1. The maximum atomic E-state index is 13.3. The summed E-state index contributed by atoms with van der Waals surface area (Å²) in [5.74, 6) is -6.12. The minimum atomic E-state index is -2.93. The number of pyridine rings is 1. The van der Waals surface area contributed by atoms with Crippen molar-refractivity contribution in [2.75, 3.05) is 0 Å². The number of rotatable bonds is 7. The molecule has 160 valence electrons. The maximum absolute atomic E-state index is 13.3. The molecule has 0 bridgehead atoms. The lowest BCUT2D eigenvalue weighted by molar-refractivity contribution is -0.121. The standard InChI is InChI=1S/C21H22F4N4O/c1-13(28-19(30)8-14-4-6-16(7-5-14)21(3,24)25)17-9-15-10-27-29(12-20(2,22)23)18(15)11-26-17/h4-7,9-11,13H,8,12H2,1-3H3,(H,28,30)/t13-/m1/s1. The molecule has 5 nitrogen and oxygen atoms in total. The van der Waals surface area contributed by atoms with Crippen LogP contribution in [0.5, 0.6) is 0 Å². The van der Waals surface area contributed by atoms with Gasteiger partial charge in [0.05, 0.1) is 36.1 Å². The molecule has 3 aromatic rings. The molecule has 9 heteroatoms. The Labute approximate surface area is 171 Å². The number of nitrogens with zero attached hydrogens (tertiary/aromatic N) is 3. The molecule has 0 aliphatic heterocycles. The molecular weight excluding hydrogens is 400 g/mol. The molecule has 3 rings (SSSR count). The summed E-state index contributed by atoms with van der Waals surface area (Å²) in [6, 6.07) is 6.86. The van der Waals surface area contributed by atoms with E-state index in [9.17, 15) is 22.4 Å². The van der Waals surface area contributed by atoms with Crippen LogP contribution in [-0.4, -0.2) is 26.6 Å². The fraction of sp³-hybridized carbons (Fsp3) is 0.381. The monoisotopic (exact) mass is 422 g/mol. The molecular formula is C21H22F4N4O. The van der Waals surface area contributed by atoms with Crippen molar-refractivity contribution in [2.24, 2.45) is 0 Å². The van der Waals surface area contributed by atoms with Crippen molar-refractivity contribution >= 4 is 16.8 Å². The Balaban J connectivity index is 1.65. The van der Waals surface area contributed by atoms with Crippen molar-refractivity contribution in [3.63, 3.8) is 0 Å². The van der Waals surface area contributed by atoms with E-state index in [2.05, 4.69) is 15.4 Å². The highest BCUT2D eigenvalue weighted by Gasteiger charge is 2.24. The molecule has 0 unspecified atom stereocenters. The number of nitrogens with one attached hydrogen (secondary N) is 1. The Morgan fingerprint density at radius 2 is 1.80 bits per heavy atom. The molecule has 0 fully saturated rings. The summed E-state index contributed by atoms with van der Waals surface area (Å²) in [5.41, 5.74) is 1.53. The second-order valence-corrected chi connectivity index (χ2v) is 7.59. The Morgan fingerprint density at radius 3 is 2.40 bits per heavy atom. The summed E-state index contributed by atoms with van der Waals surface area (Å²) in [5, 5.41) is 7.42. The van der Waals surface area contributed by atoms with E-state index in [0.717, 1.165) is 13.8 Å². The normalized spacial score (nSPS) is 13.4. The first kappa shape index (κ1) is 21.7. The van der Waals surface area contributed by atoms with Gasteiger partial charge in [-0.2, -0.15) is 5.10 Å². The number of carbonyl (C=O) groups excluding carboxylic acids is 1. The third-order valence-corrected chi connectivity index (χ3v) is 4.62. The molecule has 1 aromatic carbocycles. The quantitative estimate of drug-likeness (QED) is 0.566. The van der Waals surface area contributed by atoms with Crippen molar-refractivity contribution < 1.29 is 22.4 Å². The predicted molar refractivity (Wildman–Crippen MR) is 104 cm³/mol. The Kier molecular flexibility index (Phi) is 5.83. The van der Waals surface area contributed by atoms with Crippen molar-refractivity contribution in [3.8, 4) is 0 Å². The molecule has 2 aromatic heterocycles. The molecule has 2 heterocycles. The van der Waals surface area contributed by atoms with Crippen LogP contribution in [0.15, 0.2) is 42.7 Å². The van der Waals surface area contributed by atoms with Gasteiger partial charge in [0.1, 0.15) is 6.54 Å². The van der Waals surface area contributed by atoms with Crippen LogP contribution in [0.2, 0.25) is 0 Å². The highest BCUT2D eigenvalue weighted by atomic mass is 19.3. The smallest absolute Gasteiger partial charge is 0.270 e. The SMILES string of the molecule is C[C@@H](NC(=O)Cc1ccc(C(C)(F)F)cc1)c1cc2cnn(CC(C)(F)F)c2cn1. The third-order valence-electron chi connectivity index (χ3n) is 4.62. The number of hydrogen-bond acceptors (Lipinski definition) is 3. The van der Waals surface area contributed by atoms with Gasteiger partial charge in [-0.25, -0.2) is 17.6 Å². The van der Waals surface area contributed by atoms with Gasteiger partial charge in [0.25, 0.3) is 11.8 Å². The Morgan fingerprint density at radius 1 is 1.13 bits per heavy atom. The van der Waals surface area contributed by atoms with E-state index in [-0.39, 0.29) is 17.9 Å². The molecule has 30 heavy (non-hydrogen) atoms. The van der Waals surface area contributed by atoms with Crippen LogP contribution in [0, 0.1) is 0 Å². The van der Waals surface area contributed by atoms with Crippen molar-refractivity contribution in [1.29, 1.82) is 0 Å². The first-order valence-corrected chi connectivity index (χ1v) is 9.38. The molecule has 0 saturated heterocycles. The predicted octanol–water partition coefficient (Wildman–Crippen LogP) is 4.62. The number of hydrogen-bond donors (Lipinski definition) is 1. The lowest BCUT2D eigenvalue weighted by Crippen LogP contribution is -2.28. The zero-order valence-corrected chi connectivity index (χ0v) is 16.8. The number of aromatic nitrogens is 3. The van der Waals surface area contributed by atoms with Crippen LogP contribution in [0.1, 0.15) is 43.6 Å². The van der Waals surface area contributed by atoms with Gasteiger partial charge in [0.2, 0.25) is 5.91 Å². The van der Waals surface area contributed by atoms with Gasteiger partial charge in [-0.05, 0) is 18.6 Å². The van der Waals surface area contributed by atoms with Gasteiger partial charge in [-0.1, -0.05) is 24.3 Å². The second kappa shape index (κ2) is 8.04. The maximum Gasteiger partial charge on any atom is 0.270 e. The molecule has 0 saturated carbocycles.